The van der Waals surface area contributed by atoms with E-state index in [0.717, 1.165) is 55.8 Å². The summed E-state index contributed by atoms with van der Waals surface area (Å²) in [6.45, 7) is 4.87. The number of aliphatic hydroxyl groups excluding tert-OH is 1. The molecule has 8 nitrogen and oxygen atoms in total. The zero-order chi connectivity index (χ0) is 21.3. The molecule has 2 aliphatic rings. The maximum absolute atomic E-state index is 11.8. The molecular formula is C22H33N3O5. The van der Waals surface area contributed by atoms with Crippen LogP contribution in [0.5, 0.6) is 5.75 Å². The van der Waals surface area contributed by atoms with Gasteiger partial charge in [-0.25, -0.2) is 4.79 Å². The van der Waals surface area contributed by atoms with E-state index in [2.05, 4.69) is 22.5 Å². The van der Waals surface area contributed by atoms with E-state index in [-0.39, 0.29) is 24.6 Å². The molecule has 0 aromatic heterocycles. The number of benzene rings is 1. The number of anilines is 1. The molecule has 166 valence electrons. The molecule has 0 spiro atoms. The zero-order valence-corrected chi connectivity index (χ0v) is 17.7. The summed E-state index contributed by atoms with van der Waals surface area (Å²) in [6, 6.07) is 5.71. The van der Waals surface area contributed by atoms with Gasteiger partial charge in [-0.15, -0.1) is 0 Å². The van der Waals surface area contributed by atoms with E-state index < -0.39 is 6.10 Å². The largest absolute Gasteiger partial charge is 0.490 e. The van der Waals surface area contributed by atoms with Crippen LogP contribution in [0.4, 0.5) is 10.5 Å². The lowest BCUT2D eigenvalue weighted by atomic mass is 10.0. The molecule has 8 heteroatoms. The maximum Gasteiger partial charge on any atom is 0.407 e. The standard InChI is InChI=1S/C22H33N3O5/c1-2-3-13-29-22(28)23-16-9-11-25(12-10-16)14-17(26)15-30-20-6-4-5-19-18(20)7-8-21(27)24-19/h4-6,16-17,26H,2-3,7-15H2,1H3,(H,23,28)(H,24,27). The van der Waals surface area contributed by atoms with Crippen molar-refractivity contribution >= 4 is 17.7 Å². The number of ether oxygens (including phenoxy) is 2. The first kappa shape index (κ1) is 22.4. The van der Waals surface area contributed by atoms with Gasteiger partial charge in [0.25, 0.3) is 0 Å². The smallest absolute Gasteiger partial charge is 0.407 e. The molecule has 1 unspecified atom stereocenters. The van der Waals surface area contributed by atoms with Crippen LogP contribution in [0.2, 0.25) is 0 Å². The van der Waals surface area contributed by atoms with E-state index >= 15 is 0 Å². The number of hydrogen-bond acceptors (Lipinski definition) is 6. The molecular weight excluding hydrogens is 386 g/mol. The molecule has 0 bridgehead atoms. The van der Waals surface area contributed by atoms with Gasteiger partial charge in [-0.05, 0) is 37.8 Å². The van der Waals surface area contributed by atoms with Crippen molar-refractivity contribution in [3.63, 3.8) is 0 Å². The molecule has 3 N–H and O–H groups in total. The number of β-amino-alcohol motifs (C(OH)–C–C–N with tert-alkyl or cyclic N) is 1. The van der Waals surface area contributed by atoms with Gasteiger partial charge in [-0.3, -0.25) is 4.79 Å². The first-order valence-electron chi connectivity index (χ1n) is 10.9. The van der Waals surface area contributed by atoms with Gasteiger partial charge in [0.05, 0.1) is 6.61 Å². The molecule has 1 saturated heterocycles. The summed E-state index contributed by atoms with van der Waals surface area (Å²) in [4.78, 5) is 25.5. The van der Waals surface area contributed by atoms with Crippen LogP contribution in [0.3, 0.4) is 0 Å². The number of amides is 2. The monoisotopic (exact) mass is 419 g/mol. The van der Waals surface area contributed by atoms with Crippen molar-refractivity contribution in [3.8, 4) is 5.75 Å². The summed E-state index contributed by atoms with van der Waals surface area (Å²) in [5, 5.41) is 16.2. The molecule has 3 rings (SSSR count). The third kappa shape index (κ3) is 6.60. The fourth-order valence-corrected chi connectivity index (χ4v) is 3.84. The second-order valence-electron chi connectivity index (χ2n) is 8.00. The molecule has 2 amide bonds. The molecule has 1 fully saturated rings. The summed E-state index contributed by atoms with van der Waals surface area (Å²) >= 11 is 0. The lowest BCUT2D eigenvalue weighted by molar-refractivity contribution is -0.116. The maximum atomic E-state index is 11.8. The van der Waals surface area contributed by atoms with Gasteiger partial charge in [-0.1, -0.05) is 19.4 Å². The normalized spacial score (nSPS) is 18.3. The summed E-state index contributed by atoms with van der Waals surface area (Å²) < 4.78 is 11.0. The van der Waals surface area contributed by atoms with Gasteiger partial charge in [0, 0.05) is 43.3 Å². The summed E-state index contributed by atoms with van der Waals surface area (Å²) in [6.07, 6.45) is 3.71. The molecule has 1 atom stereocenters. The average molecular weight is 420 g/mol. The number of aliphatic hydroxyl groups is 1. The quantitative estimate of drug-likeness (QED) is 0.531. The van der Waals surface area contributed by atoms with Gasteiger partial charge >= 0.3 is 6.09 Å². The Morgan fingerprint density at radius 3 is 2.90 bits per heavy atom. The number of carbonyl (C=O) groups excluding carboxylic acids is 2. The van der Waals surface area contributed by atoms with Gasteiger partial charge < -0.3 is 30.1 Å². The van der Waals surface area contributed by atoms with Gasteiger partial charge in [-0.2, -0.15) is 0 Å². The molecule has 1 aromatic carbocycles. The number of nitrogens with one attached hydrogen (secondary N) is 2. The van der Waals surface area contributed by atoms with Gasteiger partial charge in [0.2, 0.25) is 5.91 Å². The van der Waals surface area contributed by atoms with Crippen molar-refractivity contribution in [3.05, 3.63) is 23.8 Å². The van der Waals surface area contributed by atoms with Crippen molar-refractivity contribution in [2.24, 2.45) is 0 Å². The van der Waals surface area contributed by atoms with Crippen molar-refractivity contribution in [2.45, 2.75) is 57.6 Å². The van der Waals surface area contributed by atoms with Crippen molar-refractivity contribution < 1.29 is 24.2 Å². The van der Waals surface area contributed by atoms with Crippen LogP contribution < -0.4 is 15.4 Å². The molecule has 2 heterocycles. The number of piperidine rings is 1. The third-order valence-corrected chi connectivity index (χ3v) is 5.55. The van der Waals surface area contributed by atoms with Crippen LogP contribution >= 0.6 is 0 Å². The van der Waals surface area contributed by atoms with Crippen LogP contribution in [0.1, 0.15) is 44.6 Å². The van der Waals surface area contributed by atoms with E-state index in [1.165, 1.54) is 0 Å². The van der Waals surface area contributed by atoms with E-state index in [1.807, 2.05) is 18.2 Å². The lowest BCUT2D eigenvalue weighted by Gasteiger charge is -2.33. The Morgan fingerprint density at radius 1 is 1.33 bits per heavy atom. The summed E-state index contributed by atoms with van der Waals surface area (Å²) in [5.41, 5.74) is 1.78. The summed E-state index contributed by atoms with van der Waals surface area (Å²) in [7, 11) is 0. The second-order valence-corrected chi connectivity index (χ2v) is 8.00. The van der Waals surface area contributed by atoms with Crippen LogP contribution in [0, 0.1) is 0 Å². The van der Waals surface area contributed by atoms with Gasteiger partial charge in [0.15, 0.2) is 0 Å². The minimum Gasteiger partial charge on any atom is -0.490 e. The predicted molar refractivity (Wildman–Crippen MR) is 114 cm³/mol. The van der Waals surface area contributed by atoms with Crippen LogP contribution in [-0.2, 0) is 16.0 Å². The van der Waals surface area contributed by atoms with E-state index in [1.54, 1.807) is 0 Å². The number of alkyl carbamates (subject to hydrolysis) is 1. The number of hydrogen-bond donors (Lipinski definition) is 3. The first-order valence-corrected chi connectivity index (χ1v) is 10.9. The number of carbonyl (C=O) groups is 2. The molecule has 2 aliphatic heterocycles. The fourth-order valence-electron chi connectivity index (χ4n) is 3.84. The highest BCUT2D eigenvalue weighted by molar-refractivity contribution is 5.94. The average Bonchev–Trinajstić information content (AvgIpc) is 2.73. The van der Waals surface area contributed by atoms with Crippen molar-refractivity contribution in [1.82, 2.24) is 10.2 Å². The Kier molecular flexibility index (Phi) is 8.33. The highest BCUT2D eigenvalue weighted by atomic mass is 16.5. The van der Waals surface area contributed by atoms with Crippen molar-refractivity contribution in [1.29, 1.82) is 0 Å². The number of nitrogens with zero attached hydrogens (tertiary/aromatic N) is 1. The molecule has 0 saturated carbocycles. The Balaban J connectivity index is 1.37. The Morgan fingerprint density at radius 2 is 2.13 bits per heavy atom. The number of unbranched alkanes of at least 4 members (excludes halogenated alkanes) is 1. The van der Waals surface area contributed by atoms with E-state index in [0.29, 0.717) is 26.0 Å². The minimum absolute atomic E-state index is 0.0202. The SMILES string of the molecule is CCCCOC(=O)NC1CCN(CC(O)COc2cccc3c2CCC(=O)N3)CC1. The predicted octanol–water partition coefficient (Wildman–Crippen LogP) is 2.30. The lowest BCUT2D eigenvalue weighted by Crippen LogP contribution is -2.47. The molecule has 0 radical (unpaired) electrons. The van der Waals surface area contributed by atoms with E-state index in [4.69, 9.17) is 9.47 Å². The van der Waals surface area contributed by atoms with Crippen molar-refractivity contribution in [2.75, 3.05) is 38.2 Å². The Bertz CT molecular complexity index is 719. The molecule has 0 aliphatic carbocycles. The molecule has 1 aromatic rings. The van der Waals surface area contributed by atoms with Crippen LogP contribution in [0.15, 0.2) is 18.2 Å². The second kappa shape index (κ2) is 11.2. The highest BCUT2D eigenvalue weighted by Crippen LogP contribution is 2.31. The molecule has 30 heavy (non-hydrogen) atoms. The van der Waals surface area contributed by atoms with E-state index in [9.17, 15) is 14.7 Å². The fraction of sp³-hybridized carbons (Fsp3) is 0.636. The Hall–Kier alpha value is -2.32. The highest BCUT2D eigenvalue weighted by Gasteiger charge is 2.23. The first-order chi connectivity index (χ1) is 14.5. The van der Waals surface area contributed by atoms with Gasteiger partial charge in [0.1, 0.15) is 18.5 Å². The van der Waals surface area contributed by atoms with Crippen LogP contribution in [0.25, 0.3) is 0 Å². The summed E-state index contributed by atoms with van der Waals surface area (Å²) in [5.74, 6) is 0.739. The number of likely N-dealkylation sites (tertiary alicyclic amines) is 1. The minimum atomic E-state index is -0.609. The number of rotatable bonds is 9. The Labute approximate surface area is 177 Å². The third-order valence-electron chi connectivity index (χ3n) is 5.55. The number of fused-ring (bicyclic) bond motifs is 1. The van der Waals surface area contributed by atoms with Crippen LogP contribution in [-0.4, -0.2) is 67.0 Å². The zero-order valence-electron chi connectivity index (χ0n) is 17.7. The topological polar surface area (TPSA) is 100 Å².